The van der Waals surface area contributed by atoms with Crippen LogP contribution in [0.25, 0.3) is 11.4 Å². The molecule has 12 heteroatoms. The summed E-state index contributed by atoms with van der Waals surface area (Å²) in [6.45, 7) is 0. The fraction of sp³-hybridized carbons (Fsp3) is 0.150. The van der Waals surface area contributed by atoms with Gasteiger partial charge in [0.05, 0.1) is 17.5 Å². The minimum Gasteiger partial charge on any atom is -0.326 e. The van der Waals surface area contributed by atoms with E-state index in [4.69, 9.17) is 11.6 Å². The number of H-pyrrole nitrogens is 1. The lowest BCUT2D eigenvalue weighted by atomic mass is 10.1. The van der Waals surface area contributed by atoms with Crippen LogP contribution >= 0.6 is 11.6 Å². The van der Waals surface area contributed by atoms with Gasteiger partial charge in [0.2, 0.25) is 5.91 Å². The maximum absolute atomic E-state index is 12.9. The van der Waals surface area contributed by atoms with Crippen molar-refractivity contribution in [1.82, 2.24) is 9.97 Å². The van der Waals surface area contributed by atoms with Gasteiger partial charge in [0.15, 0.2) is 0 Å². The molecule has 0 saturated heterocycles. The molecule has 3 rings (SSSR count). The van der Waals surface area contributed by atoms with Crippen LogP contribution in [0.2, 0.25) is 5.02 Å². The number of benzene rings is 2. The number of rotatable bonds is 4. The van der Waals surface area contributed by atoms with Gasteiger partial charge in [-0.2, -0.15) is 26.3 Å². The molecule has 2 N–H and O–H groups in total. The summed E-state index contributed by atoms with van der Waals surface area (Å²) in [4.78, 5) is 30.9. The minimum atomic E-state index is -5.06. The average Bonchev–Trinajstić information content (AvgIpc) is 2.68. The number of nitrogens with zero attached hydrogens (tertiary/aromatic N) is 1. The molecule has 0 bridgehead atoms. The molecule has 1 aromatic heterocycles. The van der Waals surface area contributed by atoms with Crippen LogP contribution in [0.15, 0.2) is 53.5 Å². The van der Waals surface area contributed by atoms with Gasteiger partial charge in [0.25, 0.3) is 5.56 Å². The first-order chi connectivity index (χ1) is 14.8. The van der Waals surface area contributed by atoms with E-state index in [-0.39, 0.29) is 17.5 Å². The summed E-state index contributed by atoms with van der Waals surface area (Å²) in [5.41, 5.74) is -4.15. The predicted molar refractivity (Wildman–Crippen MR) is 104 cm³/mol. The number of aromatic amines is 1. The Balaban J connectivity index is 1.81. The van der Waals surface area contributed by atoms with Gasteiger partial charge in [-0.3, -0.25) is 9.59 Å². The molecule has 0 radical (unpaired) electrons. The number of carbonyl (C=O) groups excluding carboxylic acids is 1. The molecule has 32 heavy (non-hydrogen) atoms. The van der Waals surface area contributed by atoms with Crippen LogP contribution in [0, 0.1) is 0 Å². The van der Waals surface area contributed by atoms with Gasteiger partial charge in [-0.1, -0.05) is 11.6 Å². The smallest absolute Gasteiger partial charge is 0.326 e. The lowest BCUT2D eigenvalue weighted by Crippen LogP contribution is -2.22. The van der Waals surface area contributed by atoms with Crippen LogP contribution in [0.3, 0.4) is 0 Å². The molecule has 0 spiro atoms. The van der Waals surface area contributed by atoms with Crippen LogP contribution < -0.4 is 10.9 Å². The molecule has 0 saturated carbocycles. The first-order valence-electron chi connectivity index (χ1n) is 8.76. The highest BCUT2D eigenvalue weighted by Crippen LogP contribution is 2.37. The Labute approximate surface area is 181 Å². The highest BCUT2D eigenvalue weighted by Gasteiger charge is 2.37. The van der Waals surface area contributed by atoms with E-state index in [2.05, 4.69) is 9.97 Å². The van der Waals surface area contributed by atoms with Crippen molar-refractivity contribution in [3.63, 3.8) is 0 Å². The average molecular weight is 476 g/mol. The van der Waals surface area contributed by atoms with Crippen LogP contribution in [0.1, 0.15) is 16.7 Å². The number of alkyl halides is 6. The molecule has 2 aromatic carbocycles. The number of hydrogen-bond donors (Lipinski definition) is 2. The molecule has 3 aromatic rings. The maximum atomic E-state index is 12.9. The summed E-state index contributed by atoms with van der Waals surface area (Å²) < 4.78 is 77.6. The Kier molecular flexibility index (Phi) is 6.31. The zero-order valence-corrected chi connectivity index (χ0v) is 16.5. The van der Waals surface area contributed by atoms with E-state index in [1.807, 2.05) is 5.32 Å². The van der Waals surface area contributed by atoms with Gasteiger partial charge in [-0.05, 0) is 42.5 Å². The molecule has 0 unspecified atom stereocenters. The normalized spacial score (nSPS) is 12.0. The van der Waals surface area contributed by atoms with Gasteiger partial charge in [-0.25, -0.2) is 4.98 Å². The van der Waals surface area contributed by atoms with E-state index in [0.29, 0.717) is 22.7 Å². The van der Waals surface area contributed by atoms with Gasteiger partial charge in [-0.15, -0.1) is 0 Å². The van der Waals surface area contributed by atoms with Crippen molar-refractivity contribution in [3.8, 4) is 11.4 Å². The molecule has 0 atom stereocenters. The number of halogens is 7. The molecule has 1 heterocycles. The molecular formula is C20H12ClF6N3O2. The summed E-state index contributed by atoms with van der Waals surface area (Å²) in [6.07, 6.45) is -9.64. The Morgan fingerprint density at radius 3 is 2.03 bits per heavy atom. The summed E-state index contributed by atoms with van der Waals surface area (Å²) in [5.74, 6) is -0.812. The van der Waals surface area contributed by atoms with Crippen molar-refractivity contribution in [1.29, 1.82) is 0 Å². The third kappa shape index (κ3) is 5.67. The molecular weight excluding hydrogens is 464 g/mol. The quantitative estimate of drug-likeness (QED) is 0.502. The predicted octanol–water partition coefficient (Wildman–Crippen LogP) is 5.31. The van der Waals surface area contributed by atoms with Gasteiger partial charge in [0, 0.05) is 28.0 Å². The molecule has 0 aliphatic carbocycles. The summed E-state index contributed by atoms with van der Waals surface area (Å²) in [6, 6.07) is 7.03. The standard InChI is InChI=1S/C20H12ClF6N3O2/c21-14-3-1-10(2-4-14)17-28-9-11(18(32)30-17)5-16(31)29-15-7-12(19(22,23)24)6-13(8-15)20(25,26)27/h1-4,6-9H,5H2,(H,29,31)(H,28,30,32). The Hall–Kier alpha value is -3.34. The SMILES string of the molecule is O=C(Cc1cnc(-c2ccc(Cl)cc2)[nH]c1=O)Nc1cc(C(F)(F)F)cc(C(F)(F)F)c1. The van der Waals surface area contributed by atoms with Crippen LogP contribution in [0.4, 0.5) is 32.0 Å². The Bertz CT molecular complexity index is 1170. The van der Waals surface area contributed by atoms with Crippen LogP contribution in [-0.2, 0) is 23.6 Å². The number of amides is 1. The van der Waals surface area contributed by atoms with E-state index in [1.54, 1.807) is 24.3 Å². The Morgan fingerprint density at radius 2 is 1.53 bits per heavy atom. The van der Waals surface area contributed by atoms with E-state index in [0.717, 1.165) is 6.20 Å². The lowest BCUT2D eigenvalue weighted by Gasteiger charge is -2.14. The van der Waals surface area contributed by atoms with Crippen LogP contribution in [0.5, 0.6) is 0 Å². The number of aromatic nitrogens is 2. The molecule has 5 nitrogen and oxygen atoms in total. The topological polar surface area (TPSA) is 74.8 Å². The first kappa shape index (κ1) is 23.3. The van der Waals surface area contributed by atoms with Gasteiger partial charge >= 0.3 is 12.4 Å². The molecule has 1 amide bonds. The molecule has 0 aliphatic rings. The van der Waals surface area contributed by atoms with Gasteiger partial charge < -0.3 is 10.3 Å². The summed E-state index contributed by atoms with van der Waals surface area (Å²) in [5, 5.41) is 2.43. The second-order valence-electron chi connectivity index (χ2n) is 6.61. The third-order valence-electron chi connectivity index (χ3n) is 4.21. The fourth-order valence-electron chi connectivity index (χ4n) is 2.71. The van der Waals surface area contributed by atoms with Gasteiger partial charge in [0.1, 0.15) is 5.82 Å². The number of anilines is 1. The molecule has 168 valence electrons. The highest BCUT2D eigenvalue weighted by molar-refractivity contribution is 6.30. The zero-order chi connectivity index (χ0) is 23.7. The minimum absolute atomic E-state index is 0.0558. The number of nitrogens with one attached hydrogen (secondary N) is 2. The monoisotopic (exact) mass is 475 g/mol. The van der Waals surface area contributed by atoms with Crippen molar-refractivity contribution in [2.45, 2.75) is 18.8 Å². The van der Waals surface area contributed by atoms with E-state index >= 15 is 0 Å². The molecule has 0 aliphatic heterocycles. The third-order valence-corrected chi connectivity index (χ3v) is 4.47. The molecule has 0 fully saturated rings. The lowest BCUT2D eigenvalue weighted by molar-refractivity contribution is -0.143. The van der Waals surface area contributed by atoms with Crippen LogP contribution in [-0.4, -0.2) is 15.9 Å². The number of carbonyl (C=O) groups is 1. The van der Waals surface area contributed by atoms with Crippen molar-refractivity contribution >= 4 is 23.2 Å². The number of hydrogen-bond acceptors (Lipinski definition) is 3. The van der Waals surface area contributed by atoms with E-state index in [9.17, 15) is 35.9 Å². The van der Waals surface area contributed by atoms with Crippen molar-refractivity contribution in [2.75, 3.05) is 5.32 Å². The maximum Gasteiger partial charge on any atom is 0.416 e. The van der Waals surface area contributed by atoms with Crippen molar-refractivity contribution < 1.29 is 31.1 Å². The highest BCUT2D eigenvalue weighted by atomic mass is 35.5. The van der Waals surface area contributed by atoms with E-state index in [1.165, 1.54) is 0 Å². The Morgan fingerprint density at radius 1 is 0.969 bits per heavy atom. The summed E-state index contributed by atoms with van der Waals surface area (Å²) in [7, 11) is 0. The van der Waals surface area contributed by atoms with Crippen molar-refractivity contribution in [3.05, 3.63) is 80.7 Å². The second-order valence-corrected chi connectivity index (χ2v) is 7.05. The van der Waals surface area contributed by atoms with E-state index < -0.39 is 47.1 Å². The second kappa shape index (κ2) is 8.65. The first-order valence-corrected chi connectivity index (χ1v) is 9.14. The summed E-state index contributed by atoms with van der Waals surface area (Å²) >= 11 is 5.79. The largest absolute Gasteiger partial charge is 0.416 e. The van der Waals surface area contributed by atoms with Crippen molar-refractivity contribution in [2.24, 2.45) is 0 Å². The zero-order valence-electron chi connectivity index (χ0n) is 15.7. The fourth-order valence-corrected chi connectivity index (χ4v) is 2.83.